The Morgan fingerprint density at radius 3 is 2.84 bits per heavy atom. The van der Waals surface area contributed by atoms with Gasteiger partial charge in [-0.2, -0.15) is 0 Å². The molecule has 0 fully saturated rings. The van der Waals surface area contributed by atoms with Gasteiger partial charge in [0, 0.05) is 13.6 Å². The number of rotatable bonds is 6. The first-order chi connectivity index (χ1) is 8.99. The average molecular weight is 266 g/mol. The monoisotopic (exact) mass is 266 g/mol. The zero-order chi connectivity index (χ0) is 14.4. The minimum absolute atomic E-state index is 0.182. The first kappa shape index (κ1) is 15.2. The van der Waals surface area contributed by atoms with E-state index in [0.29, 0.717) is 18.5 Å². The fourth-order valence-corrected chi connectivity index (χ4v) is 1.72. The fourth-order valence-electron chi connectivity index (χ4n) is 1.72. The molecule has 0 heterocycles. The van der Waals surface area contributed by atoms with E-state index in [4.69, 9.17) is 10.5 Å². The Hall–Kier alpha value is -1.88. The Bertz CT molecular complexity index is 463. The lowest BCUT2D eigenvalue weighted by molar-refractivity contribution is -0.131. The number of nitrogens with zero attached hydrogens (tertiary/aromatic N) is 1. The number of hydrogen-bond donors (Lipinski definition) is 1. The van der Waals surface area contributed by atoms with Crippen molar-refractivity contribution in [2.45, 2.75) is 19.0 Å². The molecule has 1 aromatic carbocycles. The molecule has 104 valence electrons. The molecule has 0 aliphatic rings. The minimum atomic E-state index is -0.606. The van der Waals surface area contributed by atoms with Crippen LogP contribution in [0.25, 0.3) is 0 Å². The van der Waals surface area contributed by atoms with Gasteiger partial charge in [-0.1, -0.05) is 12.1 Å². The summed E-state index contributed by atoms with van der Waals surface area (Å²) in [6.45, 7) is 3.84. The molecule has 0 saturated carbocycles. The largest absolute Gasteiger partial charge is 0.494 e. The van der Waals surface area contributed by atoms with Gasteiger partial charge in [0.15, 0.2) is 11.6 Å². The predicted octanol–water partition coefficient (Wildman–Crippen LogP) is 1.70. The first-order valence-corrected chi connectivity index (χ1v) is 5.93. The molecule has 1 amide bonds. The molecule has 0 aliphatic carbocycles. The molecule has 2 N–H and O–H groups in total. The summed E-state index contributed by atoms with van der Waals surface area (Å²) in [5, 5.41) is 0. The average Bonchev–Trinajstić information content (AvgIpc) is 2.38. The third kappa shape index (κ3) is 4.06. The highest BCUT2D eigenvalue weighted by atomic mass is 19.1. The van der Waals surface area contributed by atoms with E-state index in [1.54, 1.807) is 19.2 Å². The molecule has 0 saturated heterocycles. The lowest BCUT2D eigenvalue weighted by Gasteiger charge is -2.21. The molecule has 19 heavy (non-hydrogen) atoms. The van der Waals surface area contributed by atoms with Crippen LogP contribution in [0.2, 0.25) is 0 Å². The summed E-state index contributed by atoms with van der Waals surface area (Å²) in [7, 11) is 3.04. The zero-order valence-corrected chi connectivity index (χ0v) is 11.2. The summed E-state index contributed by atoms with van der Waals surface area (Å²) >= 11 is 0. The highest BCUT2D eigenvalue weighted by molar-refractivity contribution is 5.81. The third-order valence-electron chi connectivity index (χ3n) is 2.75. The van der Waals surface area contributed by atoms with Crippen molar-refractivity contribution in [1.29, 1.82) is 0 Å². The van der Waals surface area contributed by atoms with E-state index < -0.39 is 11.9 Å². The van der Waals surface area contributed by atoms with Gasteiger partial charge in [-0.15, -0.1) is 6.58 Å². The molecular weight excluding hydrogens is 247 g/mol. The van der Waals surface area contributed by atoms with Gasteiger partial charge in [0.1, 0.15) is 0 Å². The standard InChI is InChI=1S/C14H19FN2O2/c1-4-5-12(16)14(18)17(2)9-10-6-7-13(19-3)11(15)8-10/h4,6-8,12H,1,5,9,16H2,2-3H3. The quantitative estimate of drug-likeness (QED) is 0.797. The van der Waals surface area contributed by atoms with Gasteiger partial charge >= 0.3 is 0 Å². The summed E-state index contributed by atoms with van der Waals surface area (Å²) in [6, 6.07) is 3.99. The minimum Gasteiger partial charge on any atom is -0.494 e. The number of amides is 1. The van der Waals surface area contributed by atoms with Crippen molar-refractivity contribution in [3.63, 3.8) is 0 Å². The third-order valence-corrected chi connectivity index (χ3v) is 2.75. The van der Waals surface area contributed by atoms with Crippen molar-refractivity contribution in [3.8, 4) is 5.75 Å². The topological polar surface area (TPSA) is 55.6 Å². The Balaban J connectivity index is 2.71. The van der Waals surface area contributed by atoms with Gasteiger partial charge in [-0.3, -0.25) is 4.79 Å². The van der Waals surface area contributed by atoms with E-state index in [0.717, 1.165) is 0 Å². The van der Waals surface area contributed by atoms with E-state index in [2.05, 4.69) is 6.58 Å². The van der Waals surface area contributed by atoms with E-state index in [9.17, 15) is 9.18 Å². The number of carbonyl (C=O) groups is 1. The maximum atomic E-state index is 13.5. The van der Waals surface area contributed by atoms with Crippen molar-refractivity contribution in [3.05, 3.63) is 42.2 Å². The van der Waals surface area contributed by atoms with Crippen LogP contribution >= 0.6 is 0 Å². The molecule has 0 aliphatic heterocycles. The lowest BCUT2D eigenvalue weighted by Crippen LogP contribution is -2.41. The van der Waals surface area contributed by atoms with Crippen LogP contribution in [0.1, 0.15) is 12.0 Å². The van der Waals surface area contributed by atoms with E-state index >= 15 is 0 Å². The van der Waals surface area contributed by atoms with Gasteiger partial charge in [-0.05, 0) is 24.1 Å². The SMILES string of the molecule is C=CCC(N)C(=O)N(C)Cc1ccc(OC)c(F)c1. The molecule has 1 rings (SSSR count). The molecule has 1 unspecified atom stereocenters. The summed E-state index contributed by atoms with van der Waals surface area (Å²) in [5.41, 5.74) is 6.38. The summed E-state index contributed by atoms with van der Waals surface area (Å²) in [6.07, 6.45) is 2.02. The number of likely N-dealkylation sites (N-methyl/N-ethyl adjacent to an activating group) is 1. The number of ether oxygens (including phenoxy) is 1. The number of hydrogen-bond acceptors (Lipinski definition) is 3. The number of nitrogens with two attached hydrogens (primary N) is 1. The van der Waals surface area contributed by atoms with Gasteiger partial charge in [0.25, 0.3) is 0 Å². The van der Waals surface area contributed by atoms with E-state index in [1.807, 2.05) is 0 Å². The summed E-state index contributed by atoms with van der Waals surface area (Å²) < 4.78 is 18.4. The number of methoxy groups -OCH3 is 1. The van der Waals surface area contributed by atoms with Crippen molar-refractivity contribution < 1.29 is 13.9 Å². The van der Waals surface area contributed by atoms with Crippen molar-refractivity contribution in [1.82, 2.24) is 4.90 Å². The molecular formula is C14H19FN2O2. The van der Waals surface area contributed by atoms with Crippen molar-refractivity contribution >= 4 is 5.91 Å². The lowest BCUT2D eigenvalue weighted by atomic mass is 10.1. The highest BCUT2D eigenvalue weighted by Crippen LogP contribution is 2.18. The molecule has 0 spiro atoms. The second-order valence-corrected chi connectivity index (χ2v) is 4.29. The van der Waals surface area contributed by atoms with Crippen LogP contribution in [0.3, 0.4) is 0 Å². The van der Waals surface area contributed by atoms with Crippen LogP contribution in [0.5, 0.6) is 5.75 Å². The number of halogens is 1. The maximum Gasteiger partial charge on any atom is 0.239 e. The maximum absolute atomic E-state index is 13.5. The summed E-state index contributed by atoms with van der Waals surface area (Å²) in [5.74, 6) is -0.464. The number of carbonyl (C=O) groups excluding carboxylic acids is 1. The van der Waals surface area contributed by atoms with Gasteiger partial charge in [-0.25, -0.2) is 4.39 Å². The van der Waals surface area contributed by atoms with Gasteiger partial charge in [0.2, 0.25) is 5.91 Å². The first-order valence-electron chi connectivity index (χ1n) is 5.93. The van der Waals surface area contributed by atoms with Crippen molar-refractivity contribution in [2.75, 3.05) is 14.2 Å². The molecule has 1 aromatic rings. The molecule has 0 radical (unpaired) electrons. The van der Waals surface area contributed by atoms with Crippen LogP contribution in [-0.2, 0) is 11.3 Å². The molecule has 0 bridgehead atoms. The smallest absolute Gasteiger partial charge is 0.239 e. The van der Waals surface area contributed by atoms with Crippen LogP contribution < -0.4 is 10.5 Å². The van der Waals surface area contributed by atoms with E-state index in [-0.39, 0.29) is 11.7 Å². The summed E-state index contributed by atoms with van der Waals surface area (Å²) in [4.78, 5) is 13.3. The fraction of sp³-hybridized carbons (Fsp3) is 0.357. The zero-order valence-electron chi connectivity index (χ0n) is 11.2. The van der Waals surface area contributed by atoms with Crippen LogP contribution in [-0.4, -0.2) is 31.0 Å². The van der Waals surface area contributed by atoms with Crippen molar-refractivity contribution in [2.24, 2.45) is 5.73 Å². The highest BCUT2D eigenvalue weighted by Gasteiger charge is 2.17. The normalized spacial score (nSPS) is 11.8. The second kappa shape index (κ2) is 6.89. The Morgan fingerprint density at radius 2 is 2.32 bits per heavy atom. The second-order valence-electron chi connectivity index (χ2n) is 4.29. The molecule has 1 atom stereocenters. The molecule has 4 nitrogen and oxygen atoms in total. The van der Waals surface area contributed by atoms with Gasteiger partial charge < -0.3 is 15.4 Å². The number of benzene rings is 1. The molecule has 5 heteroatoms. The van der Waals surface area contributed by atoms with Crippen LogP contribution in [0.15, 0.2) is 30.9 Å². The van der Waals surface area contributed by atoms with Gasteiger partial charge in [0.05, 0.1) is 13.2 Å². The Labute approximate surface area is 112 Å². The van der Waals surface area contributed by atoms with Crippen LogP contribution in [0.4, 0.5) is 4.39 Å². The Kier molecular flexibility index (Phi) is 5.51. The Morgan fingerprint density at radius 1 is 1.63 bits per heavy atom. The van der Waals surface area contributed by atoms with E-state index in [1.165, 1.54) is 24.1 Å². The van der Waals surface area contributed by atoms with Crippen LogP contribution in [0, 0.1) is 5.82 Å². The predicted molar refractivity (Wildman–Crippen MR) is 72.2 cm³/mol. The molecule has 0 aromatic heterocycles.